The molecule has 0 radical (unpaired) electrons. The third-order valence-corrected chi connectivity index (χ3v) is 14.4. The molecule has 1 saturated carbocycles. The number of benzene rings is 6. The van der Waals surface area contributed by atoms with Crippen molar-refractivity contribution >= 4 is 22.4 Å². The number of fused-ring (bicyclic) bond motifs is 8. The second-order valence-electron chi connectivity index (χ2n) is 17.4. The molecule has 1 fully saturated rings. The van der Waals surface area contributed by atoms with Gasteiger partial charge >= 0.3 is 0 Å². The molecule has 5 atom stereocenters. The summed E-state index contributed by atoms with van der Waals surface area (Å²) in [7, 11) is 0. The molecule has 0 amide bonds. The van der Waals surface area contributed by atoms with Crippen LogP contribution in [0.4, 0.5) is 0 Å². The Labute approximate surface area is 341 Å². The summed E-state index contributed by atoms with van der Waals surface area (Å²) >= 11 is 0. The first-order valence-corrected chi connectivity index (χ1v) is 21.2. The van der Waals surface area contributed by atoms with Crippen LogP contribution >= 0.6 is 0 Å². The maximum atomic E-state index is 5.21. The minimum Gasteiger partial charge on any atom is -0.256 e. The Morgan fingerprint density at radius 3 is 2.00 bits per heavy atom. The quantitative estimate of drug-likeness (QED) is 0.164. The lowest BCUT2D eigenvalue weighted by Gasteiger charge is -2.39. The maximum absolute atomic E-state index is 5.21. The summed E-state index contributed by atoms with van der Waals surface area (Å²) in [5.74, 6) is 2.07. The third-order valence-electron chi connectivity index (χ3n) is 14.4. The molecule has 1 heteroatoms. The molecule has 6 aromatic carbocycles. The van der Waals surface area contributed by atoms with E-state index in [1.54, 1.807) is 5.57 Å². The molecule has 5 aliphatic carbocycles. The van der Waals surface area contributed by atoms with Gasteiger partial charge < -0.3 is 0 Å². The first-order valence-electron chi connectivity index (χ1n) is 21.2. The van der Waals surface area contributed by atoms with Crippen molar-refractivity contribution in [1.29, 1.82) is 0 Å². The van der Waals surface area contributed by atoms with E-state index in [2.05, 4.69) is 179 Å². The van der Waals surface area contributed by atoms with Crippen LogP contribution in [0.25, 0.3) is 78.2 Å². The minimum atomic E-state index is 0.252. The van der Waals surface area contributed by atoms with Gasteiger partial charge in [0.05, 0.1) is 5.69 Å². The van der Waals surface area contributed by atoms with Crippen LogP contribution in [0.1, 0.15) is 51.3 Å². The van der Waals surface area contributed by atoms with E-state index in [-0.39, 0.29) is 5.92 Å². The van der Waals surface area contributed by atoms with Gasteiger partial charge in [0, 0.05) is 29.2 Å². The lowest BCUT2D eigenvalue weighted by atomic mass is 9.64. The summed E-state index contributed by atoms with van der Waals surface area (Å²) in [6.07, 6.45) is 18.6. The number of pyridine rings is 1. The Bertz CT molecular complexity index is 2990. The molecule has 5 unspecified atom stereocenters. The van der Waals surface area contributed by atoms with Crippen LogP contribution in [0.15, 0.2) is 157 Å². The molecule has 5 aliphatic rings. The predicted octanol–water partition coefficient (Wildman–Crippen LogP) is 14.7. The van der Waals surface area contributed by atoms with E-state index >= 15 is 0 Å². The molecule has 278 valence electrons. The van der Waals surface area contributed by atoms with Crippen LogP contribution in [0.2, 0.25) is 0 Å². The topological polar surface area (TPSA) is 12.9 Å². The van der Waals surface area contributed by atoms with E-state index in [1.165, 1.54) is 105 Å². The van der Waals surface area contributed by atoms with E-state index in [1.807, 2.05) is 6.20 Å². The van der Waals surface area contributed by atoms with Gasteiger partial charge in [-0.3, -0.25) is 4.98 Å². The lowest BCUT2D eigenvalue weighted by Crippen LogP contribution is -2.26. The first kappa shape index (κ1) is 33.8. The van der Waals surface area contributed by atoms with Crippen LogP contribution < -0.4 is 0 Å². The second kappa shape index (κ2) is 12.6. The highest BCUT2D eigenvalue weighted by Gasteiger charge is 2.52. The van der Waals surface area contributed by atoms with Crippen molar-refractivity contribution in [2.75, 3.05) is 0 Å². The van der Waals surface area contributed by atoms with Crippen molar-refractivity contribution in [2.24, 2.45) is 23.7 Å². The van der Waals surface area contributed by atoms with Crippen LogP contribution in [-0.2, 0) is 0 Å². The fourth-order valence-electron chi connectivity index (χ4n) is 12.3. The summed E-state index contributed by atoms with van der Waals surface area (Å²) < 4.78 is 0. The molecule has 0 saturated heterocycles. The van der Waals surface area contributed by atoms with E-state index in [0.29, 0.717) is 23.7 Å². The van der Waals surface area contributed by atoms with E-state index in [0.717, 1.165) is 12.1 Å². The van der Waals surface area contributed by atoms with Gasteiger partial charge in [0.1, 0.15) is 0 Å². The Balaban J connectivity index is 1.17. The second-order valence-corrected chi connectivity index (χ2v) is 17.4. The van der Waals surface area contributed by atoms with Gasteiger partial charge in [0.2, 0.25) is 0 Å². The summed E-state index contributed by atoms with van der Waals surface area (Å²) in [6.45, 7) is 9.04. The SMILES string of the molecule is Cc1cccc(C)c1C1=CC2C(C=C1)C1=Cc3c(-c4ccccc4)c4c(c(-c5ccccn5)c3C3C=CCC2C13)-c1cccc2c(-c3c(C)cccc3C)ccc-4c12. The predicted molar refractivity (Wildman–Crippen MR) is 243 cm³/mol. The number of allylic oxidation sites excluding steroid dienone is 7. The Hall–Kier alpha value is -6.31. The monoisotopic (exact) mass is 743 g/mol. The summed E-state index contributed by atoms with van der Waals surface area (Å²) in [6, 6.07) is 43.0. The molecule has 1 nitrogen and oxygen atoms in total. The van der Waals surface area contributed by atoms with Gasteiger partial charge in [-0.25, -0.2) is 0 Å². The standard InChI is InChI=1S/C57H45N/c1-32-14-10-15-33(2)49(32)37-25-26-38-45(30-37)40-21-13-22-42-53(40)46(38)31-47-51(36-18-6-5-7-19-36)55-44-28-27-41(50-34(3)16-11-17-35(50)4)39-20-12-23-43(52(39)44)56(55)57(54(42)47)48-24-8-9-29-58-48/h5-20,22-31,38,40,42,45,53H,21H2,1-4H3. The van der Waals surface area contributed by atoms with Crippen molar-refractivity contribution in [3.8, 4) is 55.8 Å². The van der Waals surface area contributed by atoms with Crippen molar-refractivity contribution in [2.45, 2.75) is 40.0 Å². The number of hydrogen-bond donors (Lipinski definition) is 0. The van der Waals surface area contributed by atoms with Gasteiger partial charge in [-0.15, -0.1) is 0 Å². The highest BCUT2D eigenvalue weighted by atomic mass is 14.7. The fourth-order valence-corrected chi connectivity index (χ4v) is 12.3. The molecule has 58 heavy (non-hydrogen) atoms. The summed E-state index contributed by atoms with van der Waals surface area (Å²) in [5.41, 5.74) is 25.6. The van der Waals surface area contributed by atoms with Crippen molar-refractivity contribution in [3.05, 3.63) is 196 Å². The minimum absolute atomic E-state index is 0.252. The number of nitrogens with zero attached hydrogens (tertiary/aromatic N) is 1. The number of aromatic nitrogens is 1. The van der Waals surface area contributed by atoms with Gasteiger partial charge in [-0.05, 0) is 158 Å². The first-order chi connectivity index (χ1) is 28.5. The molecule has 12 rings (SSSR count). The highest BCUT2D eigenvalue weighted by Crippen LogP contribution is 2.66. The Morgan fingerprint density at radius 2 is 1.24 bits per heavy atom. The normalized spacial score (nSPS) is 21.6. The molecule has 1 aromatic heterocycles. The third kappa shape index (κ3) is 4.62. The van der Waals surface area contributed by atoms with E-state index < -0.39 is 0 Å². The van der Waals surface area contributed by atoms with Gasteiger partial charge in [-0.2, -0.15) is 0 Å². The van der Waals surface area contributed by atoms with Crippen LogP contribution in [-0.4, -0.2) is 4.98 Å². The molecule has 7 aromatic rings. The zero-order chi connectivity index (χ0) is 38.8. The molecule has 0 spiro atoms. The van der Waals surface area contributed by atoms with Crippen molar-refractivity contribution in [3.63, 3.8) is 0 Å². The summed E-state index contributed by atoms with van der Waals surface area (Å²) in [5, 5.41) is 2.68. The fraction of sp³-hybridized carbons (Fsp3) is 0.175. The zero-order valence-corrected chi connectivity index (χ0v) is 33.6. The van der Waals surface area contributed by atoms with Gasteiger partial charge in [0.15, 0.2) is 0 Å². The van der Waals surface area contributed by atoms with E-state index in [4.69, 9.17) is 4.98 Å². The van der Waals surface area contributed by atoms with Crippen molar-refractivity contribution in [1.82, 2.24) is 4.98 Å². The number of hydrogen-bond acceptors (Lipinski definition) is 1. The summed E-state index contributed by atoms with van der Waals surface area (Å²) in [4.78, 5) is 5.21. The van der Waals surface area contributed by atoms with Crippen LogP contribution in [0.3, 0.4) is 0 Å². The molecular weight excluding hydrogens is 699 g/mol. The molecular formula is C57H45N. The average molecular weight is 744 g/mol. The lowest BCUT2D eigenvalue weighted by molar-refractivity contribution is 0.321. The van der Waals surface area contributed by atoms with Crippen LogP contribution in [0.5, 0.6) is 0 Å². The van der Waals surface area contributed by atoms with Crippen LogP contribution in [0, 0.1) is 51.4 Å². The smallest absolute Gasteiger partial charge is 0.0711 e. The van der Waals surface area contributed by atoms with E-state index in [9.17, 15) is 0 Å². The van der Waals surface area contributed by atoms with Gasteiger partial charge in [0.25, 0.3) is 0 Å². The Morgan fingerprint density at radius 1 is 0.552 bits per heavy atom. The molecule has 0 aliphatic heterocycles. The zero-order valence-electron chi connectivity index (χ0n) is 33.6. The molecule has 0 N–H and O–H groups in total. The average Bonchev–Trinajstić information content (AvgIpc) is 3.75. The maximum Gasteiger partial charge on any atom is 0.0711 e. The van der Waals surface area contributed by atoms with Gasteiger partial charge in [-0.1, -0.05) is 145 Å². The van der Waals surface area contributed by atoms with Crippen molar-refractivity contribution < 1.29 is 0 Å². The molecule has 0 bridgehead atoms. The number of rotatable bonds is 4. The highest BCUT2D eigenvalue weighted by molar-refractivity contribution is 6.24. The largest absolute Gasteiger partial charge is 0.256 e. The Kier molecular flexibility index (Phi) is 7.34. The molecule has 1 heterocycles. The number of aryl methyl sites for hydroxylation is 4.